The van der Waals surface area contributed by atoms with Crippen LogP contribution < -0.4 is 4.90 Å². The van der Waals surface area contributed by atoms with Crippen LogP contribution >= 0.6 is 11.8 Å². The quantitative estimate of drug-likeness (QED) is 0.726. The molecule has 2 saturated heterocycles. The fourth-order valence-corrected chi connectivity index (χ4v) is 6.26. The SMILES string of the molecule is CC1CN(CC2CCN(CC(=O)N3CCC(C)Sc4ccccc43)CC2)CC(C)O1. The molecule has 1 aromatic carbocycles. The summed E-state index contributed by atoms with van der Waals surface area (Å²) in [5.41, 5.74) is 1.10. The molecule has 3 aliphatic rings. The van der Waals surface area contributed by atoms with Gasteiger partial charge in [-0.25, -0.2) is 0 Å². The van der Waals surface area contributed by atoms with Gasteiger partial charge in [-0.3, -0.25) is 14.6 Å². The van der Waals surface area contributed by atoms with Gasteiger partial charge in [-0.2, -0.15) is 0 Å². The molecule has 30 heavy (non-hydrogen) atoms. The van der Waals surface area contributed by atoms with Crippen LogP contribution in [0.1, 0.15) is 40.0 Å². The van der Waals surface area contributed by atoms with Crippen LogP contribution in [-0.4, -0.2) is 79.0 Å². The third kappa shape index (κ3) is 5.58. The fourth-order valence-electron chi connectivity index (χ4n) is 5.15. The number of carbonyl (C=O) groups excluding carboxylic acids is 1. The Morgan fingerprint density at radius 2 is 1.70 bits per heavy atom. The van der Waals surface area contributed by atoms with Crippen LogP contribution in [-0.2, 0) is 9.53 Å². The molecule has 0 bridgehead atoms. The van der Waals surface area contributed by atoms with E-state index in [4.69, 9.17) is 4.74 Å². The first kappa shape index (κ1) is 22.1. The number of fused-ring (bicyclic) bond motifs is 1. The molecule has 0 aliphatic carbocycles. The summed E-state index contributed by atoms with van der Waals surface area (Å²) in [5, 5.41) is 0.547. The molecule has 166 valence electrons. The highest BCUT2D eigenvalue weighted by atomic mass is 32.2. The Labute approximate surface area is 186 Å². The number of morpholine rings is 1. The zero-order chi connectivity index (χ0) is 21.1. The number of hydrogen-bond donors (Lipinski definition) is 0. The van der Waals surface area contributed by atoms with Gasteiger partial charge in [0.2, 0.25) is 5.91 Å². The van der Waals surface area contributed by atoms with Crippen molar-refractivity contribution in [1.82, 2.24) is 9.80 Å². The van der Waals surface area contributed by atoms with Gasteiger partial charge in [0.15, 0.2) is 0 Å². The second kappa shape index (κ2) is 10.0. The number of nitrogens with zero attached hydrogens (tertiary/aromatic N) is 3. The van der Waals surface area contributed by atoms with Gasteiger partial charge in [-0.15, -0.1) is 11.8 Å². The number of carbonyl (C=O) groups is 1. The van der Waals surface area contributed by atoms with E-state index >= 15 is 0 Å². The maximum Gasteiger partial charge on any atom is 0.241 e. The van der Waals surface area contributed by atoms with E-state index in [9.17, 15) is 4.79 Å². The van der Waals surface area contributed by atoms with Crippen LogP contribution in [0.25, 0.3) is 0 Å². The maximum atomic E-state index is 13.2. The zero-order valence-electron chi connectivity index (χ0n) is 18.8. The normalized spacial score (nSPS) is 29.4. The van der Waals surface area contributed by atoms with Crippen molar-refractivity contribution in [3.8, 4) is 0 Å². The van der Waals surface area contributed by atoms with Crippen molar-refractivity contribution < 1.29 is 9.53 Å². The first-order valence-electron chi connectivity index (χ1n) is 11.6. The summed E-state index contributed by atoms with van der Waals surface area (Å²) in [6.07, 6.45) is 4.10. The lowest BCUT2D eigenvalue weighted by Gasteiger charge is -2.39. The summed E-state index contributed by atoms with van der Waals surface area (Å²) in [4.78, 5) is 21.4. The number of thioether (sulfide) groups is 1. The number of amides is 1. The van der Waals surface area contributed by atoms with Crippen molar-refractivity contribution in [2.24, 2.45) is 5.92 Å². The molecule has 1 amide bonds. The summed E-state index contributed by atoms with van der Waals surface area (Å²) in [7, 11) is 0. The van der Waals surface area contributed by atoms with Gasteiger partial charge in [-0.1, -0.05) is 19.1 Å². The first-order chi connectivity index (χ1) is 14.5. The van der Waals surface area contributed by atoms with Crippen molar-refractivity contribution in [3.05, 3.63) is 24.3 Å². The standard InChI is InChI=1S/C24H37N3O2S/c1-18-14-26(15-19(2)29-18)16-21-9-11-25(12-10-21)17-24(28)27-13-8-20(3)30-23-7-5-4-6-22(23)27/h4-7,18-21H,8-17H2,1-3H3. The Bertz CT molecular complexity index is 712. The van der Waals surface area contributed by atoms with E-state index < -0.39 is 0 Å². The number of benzene rings is 1. The lowest BCUT2D eigenvalue weighted by atomic mass is 9.95. The molecule has 1 aromatic rings. The van der Waals surface area contributed by atoms with E-state index in [1.54, 1.807) is 0 Å². The Morgan fingerprint density at radius 1 is 1.00 bits per heavy atom. The van der Waals surface area contributed by atoms with E-state index in [1.807, 2.05) is 16.7 Å². The van der Waals surface area contributed by atoms with Crippen LogP contribution in [0, 0.1) is 5.92 Å². The third-order valence-corrected chi connectivity index (χ3v) is 7.86. The molecule has 3 aliphatic heterocycles. The number of rotatable bonds is 4. The molecule has 3 atom stereocenters. The van der Waals surface area contributed by atoms with Gasteiger partial charge >= 0.3 is 0 Å². The topological polar surface area (TPSA) is 36.0 Å². The number of hydrogen-bond acceptors (Lipinski definition) is 5. The van der Waals surface area contributed by atoms with Gasteiger partial charge in [-0.05, 0) is 64.3 Å². The highest BCUT2D eigenvalue weighted by Crippen LogP contribution is 2.37. The van der Waals surface area contributed by atoms with Crippen LogP contribution in [0.4, 0.5) is 5.69 Å². The van der Waals surface area contributed by atoms with Crippen LogP contribution in [0.15, 0.2) is 29.2 Å². The summed E-state index contributed by atoms with van der Waals surface area (Å²) >= 11 is 1.90. The monoisotopic (exact) mass is 431 g/mol. The van der Waals surface area contributed by atoms with Crippen molar-refractivity contribution in [3.63, 3.8) is 0 Å². The second-order valence-electron chi connectivity index (χ2n) is 9.43. The van der Waals surface area contributed by atoms with Gasteiger partial charge in [0, 0.05) is 36.3 Å². The number of ether oxygens (including phenoxy) is 1. The van der Waals surface area contributed by atoms with E-state index in [0.29, 0.717) is 24.0 Å². The number of para-hydroxylation sites is 1. The van der Waals surface area contributed by atoms with E-state index in [2.05, 4.69) is 54.8 Å². The van der Waals surface area contributed by atoms with Crippen LogP contribution in [0.5, 0.6) is 0 Å². The van der Waals surface area contributed by atoms with Crippen molar-refractivity contribution in [2.45, 2.75) is 62.4 Å². The summed E-state index contributed by atoms with van der Waals surface area (Å²) in [6, 6.07) is 8.39. The molecule has 0 radical (unpaired) electrons. The van der Waals surface area contributed by atoms with Gasteiger partial charge in [0.05, 0.1) is 24.4 Å². The van der Waals surface area contributed by atoms with E-state index in [-0.39, 0.29) is 5.91 Å². The minimum absolute atomic E-state index is 0.256. The summed E-state index contributed by atoms with van der Waals surface area (Å²) in [6.45, 7) is 13.3. The Balaban J connectivity index is 1.28. The number of piperidine rings is 1. The minimum atomic E-state index is 0.256. The van der Waals surface area contributed by atoms with Crippen molar-refractivity contribution >= 4 is 23.4 Å². The van der Waals surface area contributed by atoms with E-state index in [1.165, 1.54) is 24.3 Å². The predicted octanol–water partition coefficient (Wildman–Crippen LogP) is 3.73. The van der Waals surface area contributed by atoms with Crippen molar-refractivity contribution in [2.75, 3.05) is 50.7 Å². The van der Waals surface area contributed by atoms with Crippen LogP contribution in [0.3, 0.4) is 0 Å². The second-order valence-corrected chi connectivity index (χ2v) is 10.9. The molecular formula is C24H37N3O2S. The fraction of sp³-hybridized carbons (Fsp3) is 0.708. The predicted molar refractivity (Wildman–Crippen MR) is 124 cm³/mol. The maximum absolute atomic E-state index is 13.2. The van der Waals surface area contributed by atoms with Crippen molar-refractivity contribution in [1.29, 1.82) is 0 Å². The molecule has 6 heteroatoms. The molecule has 3 unspecified atom stereocenters. The molecule has 0 spiro atoms. The molecule has 4 rings (SSSR count). The van der Waals surface area contributed by atoms with Gasteiger partial charge in [0.1, 0.15) is 0 Å². The summed E-state index contributed by atoms with van der Waals surface area (Å²) < 4.78 is 5.87. The molecular weight excluding hydrogens is 394 g/mol. The minimum Gasteiger partial charge on any atom is -0.373 e. The molecule has 0 N–H and O–H groups in total. The lowest BCUT2D eigenvalue weighted by molar-refractivity contribution is -0.120. The Hall–Kier alpha value is -1.08. The van der Waals surface area contributed by atoms with Gasteiger partial charge in [0.25, 0.3) is 0 Å². The number of anilines is 1. The van der Waals surface area contributed by atoms with E-state index in [0.717, 1.165) is 50.7 Å². The smallest absolute Gasteiger partial charge is 0.241 e. The average Bonchev–Trinajstić information content (AvgIpc) is 2.87. The van der Waals surface area contributed by atoms with Crippen LogP contribution in [0.2, 0.25) is 0 Å². The highest BCUT2D eigenvalue weighted by molar-refractivity contribution is 8.00. The largest absolute Gasteiger partial charge is 0.373 e. The lowest BCUT2D eigenvalue weighted by Crippen LogP contribution is -2.49. The molecule has 5 nitrogen and oxygen atoms in total. The Kier molecular flexibility index (Phi) is 7.40. The Morgan fingerprint density at radius 3 is 2.43 bits per heavy atom. The summed E-state index contributed by atoms with van der Waals surface area (Å²) in [5.74, 6) is 0.997. The molecule has 0 saturated carbocycles. The number of likely N-dealkylation sites (tertiary alicyclic amines) is 1. The zero-order valence-corrected chi connectivity index (χ0v) is 19.6. The first-order valence-corrected chi connectivity index (χ1v) is 12.5. The molecule has 3 heterocycles. The highest BCUT2D eigenvalue weighted by Gasteiger charge is 2.29. The molecule has 0 aromatic heterocycles. The van der Waals surface area contributed by atoms with Gasteiger partial charge < -0.3 is 9.64 Å². The molecule has 2 fully saturated rings. The third-order valence-electron chi connectivity index (χ3n) is 6.62. The average molecular weight is 432 g/mol.